The summed E-state index contributed by atoms with van der Waals surface area (Å²) in [5, 5.41) is 2.66. The van der Waals surface area contributed by atoms with Crippen molar-refractivity contribution in [3.05, 3.63) is 12.7 Å². The third kappa shape index (κ3) is 5.74. The Kier molecular flexibility index (Phi) is 6.51. The molecule has 0 aliphatic heterocycles. The molecule has 0 heterocycles. The molecule has 0 atom stereocenters. The van der Waals surface area contributed by atoms with E-state index in [2.05, 4.69) is 11.9 Å². The first-order valence-corrected chi connectivity index (χ1v) is 8.64. The van der Waals surface area contributed by atoms with Crippen LogP contribution in [0, 0.1) is 0 Å². The van der Waals surface area contributed by atoms with Crippen molar-refractivity contribution in [1.29, 1.82) is 0 Å². The van der Waals surface area contributed by atoms with Gasteiger partial charge in [0.25, 0.3) is 0 Å². The molecule has 0 bridgehead atoms. The van der Waals surface area contributed by atoms with Gasteiger partial charge in [-0.1, -0.05) is 25.3 Å². The second-order valence-electron chi connectivity index (χ2n) is 5.01. The first kappa shape index (κ1) is 16.2. The molecule has 0 unspecified atom stereocenters. The number of amides is 1. The molecule has 1 amide bonds. The molecule has 6 heteroatoms. The lowest BCUT2D eigenvalue weighted by Gasteiger charge is -2.32. The molecule has 0 spiro atoms. The minimum absolute atomic E-state index is 0.0657. The highest BCUT2D eigenvalue weighted by Gasteiger charge is 2.28. The smallest absolute Gasteiger partial charge is 0.221 e. The highest BCUT2D eigenvalue weighted by Crippen LogP contribution is 2.24. The molecule has 0 aromatic heterocycles. The summed E-state index contributed by atoms with van der Waals surface area (Å²) in [6.07, 6.45) is 8.16. The van der Waals surface area contributed by atoms with Crippen LogP contribution >= 0.6 is 0 Å². The van der Waals surface area contributed by atoms with Crippen molar-refractivity contribution in [3.8, 4) is 0 Å². The predicted octanol–water partition coefficient (Wildman–Crippen LogP) is 1.27. The summed E-state index contributed by atoms with van der Waals surface area (Å²) in [5.74, 6) is -0.135. The van der Waals surface area contributed by atoms with Crippen LogP contribution in [-0.2, 0) is 14.8 Å². The number of rotatable bonds is 7. The van der Waals surface area contributed by atoms with Gasteiger partial charge in [-0.15, -0.1) is 6.58 Å². The van der Waals surface area contributed by atoms with Crippen LogP contribution in [0.5, 0.6) is 0 Å². The summed E-state index contributed by atoms with van der Waals surface area (Å²) < 4.78 is 25.2. The highest BCUT2D eigenvalue weighted by atomic mass is 32.2. The summed E-state index contributed by atoms with van der Waals surface area (Å²) in [6, 6.07) is 0.0657. The van der Waals surface area contributed by atoms with Gasteiger partial charge in [0.15, 0.2) is 0 Å². The summed E-state index contributed by atoms with van der Waals surface area (Å²) in [7, 11) is -3.25. The molecule has 1 aliphatic rings. The van der Waals surface area contributed by atoms with Crippen molar-refractivity contribution in [2.45, 2.75) is 44.6 Å². The second kappa shape index (κ2) is 7.65. The zero-order valence-corrected chi connectivity index (χ0v) is 12.4. The molecule has 1 rings (SSSR count). The molecule has 19 heavy (non-hydrogen) atoms. The fourth-order valence-corrected chi connectivity index (χ4v) is 3.65. The van der Waals surface area contributed by atoms with E-state index < -0.39 is 10.0 Å². The van der Waals surface area contributed by atoms with Crippen LogP contribution in [0.3, 0.4) is 0 Å². The normalized spacial score (nSPS) is 17.4. The molecule has 1 fully saturated rings. The Morgan fingerprint density at radius 1 is 1.37 bits per heavy atom. The third-order valence-corrected chi connectivity index (χ3v) is 4.74. The van der Waals surface area contributed by atoms with Crippen LogP contribution < -0.4 is 5.32 Å². The van der Waals surface area contributed by atoms with Gasteiger partial charge in [0.05, 0.1) is 6.26 Å². The van der Waals surface area contributed by atoms with Crippen LogP contribution in [-0.4, -0.2) is 44.0 Å². The van der Waals surface area contributed by atoms with Gasteiger partial charge in [-0.05, 0) is 12.8 Å². The largest absolute Gasteiger partial charge is 0.353 e. The molecular formula is C13H24N2O3S. The maximum absolute atomic E-state index is 11.8. The van der Waals surface area contributed by atoms with E-state index in [1.807, 2.05) is 0 Å². The van der Waals surface area contributed by atoms with Gasteiger partial charge in [0.2, 0.25) is 15.9 Å². The number of hydrogen-bond acceptors (Lipinski definition) is 3. The standard InChI is InChI=1S/C13H24N2O3S/c1-3-10-14-13(16)9-11-15(19(2,17)18)12-7-5-4-6-8-12/h3,12H,1,4-11H2,2H3,(H,14,16). The highest BCUT2D eigenvalue weighted by molar-refractivity contribution is 7.88. The monoisotopic (exact) mass is 288 g/mol. The number of hydrogen-bond donors (Lipinski definition) is 1. The molecule has 0 saturated heterocycles. The molecule has 1 saturated carbocycles. The van der Waals surface area contributed by atoms with Gasteiger partial charge in [-0.3, -0.25) is 4.79 Å². The van der Waals surface area contributed by atoms with Crippen molar-refractivity contribution in [2.75, 3.05) is 19.3 Å². The van der Waals surface area contributed by atoms with Crippen LogP contribution in [0.15, 0.2) is 12.7 Å². The Morgan fingerprint density at radius 3 is 2.53 bits per heavy atom. The summed E-state index contributed by atoms with van der Waals surface area (Å²) >= 11 is 0. The van der Waals surface area contributed by atoms with Crippen LogP contribution in [0.1, 0.15) is 38.5 Å². The zero-order valence-electron chi connectivity index (χ0n) is 11.6. The number of sulfonamides is 1. The molecule has 1 N–H and O–H groups in total. The quantitative estimate of drug-likeness (QED) is 0.718. The third-order valence-electron chi connectivity index (χ3n) is 3.41. The average molecular weight is 288 g/mol. The van der Waals surface area contributed by atoms with Crippen molar-refractivity contribution in [3.63, 3.8) is 0 Å². The maximum atomic E-state index is 11.8. The van der Waals surface area contributed by atoms with E-state index in [4.69, 9.17) is 0 Å². The lowest BCUT2D eigenvalue weighted by molar-refractivity contribution is -0.121. The number of nitrogens with zero attached hydrogens (tertiary/aromatic N) is 1. The fraction of sp³-hybridized carbons (Fsp3) is 0.769. The number of carbonyl (C=O) groups is 1. The Bertz CT molecular complexity index is 400. The van der Waals surface area contributed by atoms with Crippen LogP contribution in [0.4, 0.5) is 0 Å². The Labute approximate surface area is 116 Å². The van der Waals surface area contributed by atoms with Gasteiger partial charge >= 0.3 is 0 Å². The number of carbonyl (C=O) groups excluding carboxylic acids is 1. The molecular weight excluding hydrogens is 264 g/mol. The lowest BCUT2D eigenvalue weighted by atomic mass is 9.95. The van der Waals surface area contributed by atoms with Crippen molar-refractivity contribution >= 4 is 15.9 Å². The first-order valence-electron chi connectivity index (χ1n) is 6.79. The van der Waals surface area contributed by atoms with E-state index in [1.165, 1.54) is 17.0 Å². The van der Waals surface area contributed by atoms with Crippen molar-refractivity contribution in [2.24, 2.45) is 0 Å². The molecule has 1 aliphatic carbocycles. The number of nitrogens with one attached hydrogen (secondary N) is 1. The minimum atomic E-state index is -3.25. The van der Waals surface area contributed by atoms with E-state index >= 15 is 0 Å². The molecule has 110 valence electrons. The van der Waals surface area contributed by atoms with E-state index in [0.717, 1.165) is 25.7 Å². The van der Waals surface area contributed by atoms with E-state index in [0.29, 0.717) is 6.54 Å². The van der Waals surface area contributed by atoms with E-state index in [9.17, 15) is 13.2 Å². The van der Waals surface area contributed by atoms with E-state index in [1.54, 1.807) is 6.08 Å². The lowest BCUT2D eigenvalue weighted by Crippen LogP contribution is -2.42. The topological polar surface area (TPSA) is 66.5 Å². The van der Waals surface area contributed by atoms with Crippen molar-refractivity contribution < 1.29 is 13.2 Å². The first-order chi connectivity index (χ1) is 8.95. The van der Waals surface area contributed by atoms with Crippen LogP contribution in [0.2, 0.25) is 0 Å². The van der Waals surface area contributed by atoms with Crippen molar-refractivity contribution in [1.82, 2.24) is 9.62 Å². The Balaban J connectivity index is 2.55. The minimum Gasteiger partial charge on any atom is -0.353 e. The Morgan fingerprint density at radius 2 is 2.00 bits per heavy atom. The predicted molar refractivity (Wildman–Crippen MR) is 76.2 cm³/mol. The summed E-state index contributed by atoms with van der Waals surface area (Å²) in [4.78, 5) is 11.5. The fourth-order valence-electron chi connectivity index (χ4n) is 2.47. The average Bonchev–Trinajstić information content (AvgIpc) is 2.36. The van der Waals surface area contributed by atoms with Gasteiger partial charge in [-0.2, -0.15) is 4.31 Å². The second-order valence-corrected chi connectivity index (χ2v) is 6.94. The molecule has 0 aromatic carbocycles. The SMILES string of the molecule is C=CCNC(=O)CCN(C1CCCCC1)S(C)(=O)=O. The van der Waals surface area contributed by atoms with Crippen LogP contribution in [0.25, 0.3) is 0 Å². The molecule has 0 aromatic rings. The van der Waals surface area contributed by atoms with Gasteiger partial charge in [0, 0.05) is 25.6 Å². The van der Waals surface area contributed by atoms with Gasteiger partial charge in [-0.25, -0.2) is 8.42 Å². The Hall–Kier alpha value is -0.880. The van der Waals surface area contributed by atoms with E-state index in [-0.39, 0.29) is 24.9 Å². The molecule has 0 radical (unpaired) electrons. The van der Waals surface area contributed by atoms with Gasteiger partial charge in [0.1, 0.15) is 0 Å². The zero-order chi connectivity index (χ0) is 14.3. The summed E-state index contributed by atoms with van der Waals surface area (Å²) in [5.41, 5.74) is 0. The maximum Gasteiger partial charge on any atom is 0.221 e. The van der Waals surface area contributed by atoms with Gasteiger partial charge < -0.3 is 5.32 Å². The summed E-state index contributed by atoms with van der Waals surface area (Å²) in [6.45, 7) is 4.21. The molecule has 5 nitrogen and oxygen atoms in total.